The van der Waals surface area contributed by atoms with Crippen molar-refractivity contribution < 1.29 is 4.42 Å². The highest BCUT2D eigenvalue weighted by Crippen LogP contribution is 2.31. The molecule has 0 saturated heterocycles. The molecule has 1 aromatic heterocycles. The number of fused-ring (bicyclic) bond motifs is 1. The molecule has 0 aliphatic rings. The maximum absolute atomic E-state index is 6.05. The predicted octanol–water partition coefficient (Wildman–Crippen LogP) is 5.09. The molecule has 1 N–H and O–H groups in total. The van der Waals surface area contributed by atoms with E-state index in [2.05, 4.69) is 49.5 Å². The van der Waals surface area contributed by atoms with Crippen molar-refractivity contribution in [3.8, 4) is 0 Å². The summed E-state index contributed by atoms with van der Waals surface area (Å²) in [6.07, 6.45) is 0. The highest BCUT2D eigenvalue weighted by molar-refractivity contribution is 6.31. The van der Waals surface area contributed by atoms with Crippen molar-refractivity contribution in [3.05, 3.63) is 70.4 Å². The fraction of sp³-hybridized carbons (Fsp3) is 0.222. The molecule has 0 amide bonds. The normalized spacial score (nSPS) is 12.7. The van der Waals surface area contributed by atoms with Gasteiger partial charge in [0.15, 0.2) is 0 Å². The van der Waals surface area contributed by atoms with Gasteiger partial charge in [0.1, 0.15) is 11.3 Å². The van der Waals surface area contributed by atoms with Gasteiger partial charge in [0.25, 0.3) is 0 Å². The largest absolute Gasteiger partial charge is 0.459 e. The second-order valence-corrected chi connectivity index (χ2v) is 5.61. The molecule has 1 heterocycles. The van der Waals surface area contributed by atoms with Crippen LogP contribution in [0, 0.1) is 6.92 Å². The second kappa shape index (κ2) is 5.92. The molecule has 0 aliphatic heterocycles. The number of rotatable bonds is 4. The van der Waals surface area contributed by atoms with E-state index >= 15 is 0 Å². The van der Waals surface area contributed by atoms with Crippen LogP contribution in [-0.4, -0.2) is 6.54 Å². The van der Waals surface area contributed by atoms with Gasteiger partial charge in [-0.1, -0.05) is 42.8 Å². The minimum Gasteiger partial charge on any atom is -0.459 e. The average molecular weight is 300 g/mol. The number of halogens is 1. The van der Waals surface area contributed by atoms with Crippen molar-refractivity contribution in [3.63, 3.8) is 0 Å². The van der Waals surface area contributed by atoms with Gasteiger partial charge in [0.2, 0.25) is 0 Å². The van der Waals surface area contributed by atoms with E-state index < -0.39 is 0 Å². The fourth-order valence-electron chi connectivity index (χ4n) is 2.66. The average Bonchev–Trinajstić information content (AvgIpc) is 2.88. The molecule has 3 rings (SSSR count). The van der Waals surface area contributed by atoms with Crippen LogP contribution in [0.3, 0.4) is 0 Å². The molecular formula is C18H18ClNO. The first kappa shape index (κ1) is 14.2. The van der Waals surface area contributed by atoms with Crippen molar-refractivity contribution in [1.29, 1.82) is 0 Å². The zero-order valence-corrected chi connectivity index (χ0v) is 12.9. The Hall–Kier alpha value is -1.77. The molecule has 21 heavy (non-hydrogen) atoms. The molecule has 3 aromatic rings. The summed E-state index contributed by atoms with van der Waals surface area (Å²) >= 11 is 6.05. The second-order valence-electron chi connectivity index (χ2n) is 5.18. The highest BCUT2D eigenvalue weighted by atomic mass is 35.5. The number of nitrogens with one attached hydrogen (secondary N) is 1. The Balaban J connectivity index is 2.09. The summed E-state index contributed by atoms with van der Waals surface area (Å²) in [6.45, 7) is 5.10. The van der Waals surface area contributed by atoms with Gasteiger partial charge in [-0.05, 0) is 48.9 Å². The van der Waals surface area contributed by atoms with Gasteiger partial charge in [0, 0.05) is 10.4 Å². The minimum absolute atomic E-state index is 0.0578. The highest BCUT2D eigenvalue weighted by Gasteiger charge is 2.19. The van der Waals surface area contributed by atoms with Crippen LogP contribution in [0.5, 0.6) is 0 Å². The monoisotopic (exact) mass is 299 g/mol. The van der Waals surface area contributed by atoms with Crippen LogP contribution in [0.4, 0.5) is 0 Å². The standard InChI is InChI=1S/C18H18ClNO/c1-3-20-18(15-7-5-4-6-12(15)2)17-11-13-10-14(19)8-9-16(13)21-17/h4-11,18,20H,3H2,1-2H3. The molecule has 0 saturated carbocycles. The van der Waals surface area contributed by atoms with Crippen molar-refractivity contribution in [2.24, 2.45) is 0 Å². The summed E-state index contributed by atoms with van der Waals surface area (Å²) in [7, 11) is 0. The van der Waals surface area contributed by atoms with Crippen LogP contribution in [0.1, 0.15) is 29.9 Å². The summed E-state index contributed by atoms with van der Waals surface area (Å²) in [6, 6.07) is 16.2. The molecule has 1 atom stereocenters. The van der Waals surface area contributed by atoms with E-state index in [0.29, 0.717) is 0 Å². The summed E-state index contributed by atoms with van der Waals surface area (Å²) in [4.78, 5) is 0. The summed E-state index contributed by atoms with van der Waals surface area (Å²) < 4.78 is 6.03. The van der Waals surface area contributed by atoms with E-state index in [0.717, 1.165) is 28.3 Å². The lowest BCUT2D eigenvalue weighted by Crippen LogP contribution is -2.22. The number of benzene rings is 2. The molecule has 0 aliphatic carbocycles. The Morgan fingerprint density at radius 1 is 1.14 bits per heavy atom. The van der Waals surface area contributed by atoms with Crippen molar-refractivity contribution >= 4 is 22.6 Å². The Labute approximate surface area is 129 Å². The third-order valence-electron chi connectivity index (χ3n) is 3.69. The van der Waals surface area contributed by atoms with E-state index in [-0.39, 0.29) is 6.04 Å². The quantitative estimate of drug-likeness (QED) is 0.725. The van der Waals surface area contributed by atoms with Crippen molar-refractivity contribution in [1.82, 2.24) is 5.32 Å². The van der Waals surface area contributed by atoms with Gasteiger partial charge in [-0.3, -0.25) is 0 Å². The van der Waals surface area contributed by atoms with E-state index in [9.17, 15) is 0 Å². The maximum atomic E-state index is 6.05. The topological polar surface area (TPSA) is 25.2 Å². The zero-order chi connectivity index (χ0) is 14.8. The van der Waals surface area contributed by atoms with E-state index in [1.54, 1.807) is 0 Å². The van der Waals surface area contributed by atoms with Crippen LogP contribution in [0.25, 0.3) is 11.0 Å². The first-order valence-corrected chi connectivity index (χ1v) is 7.54. The Morgan fingerprint density at radius 2 is 1.95 bits per heavy atom. The summed E-state index contributed by atoms with van der Waals surface area (Å²) in [5, 5.41) is 5.27. The number of furan rings is 1. The molecule has 1 unspecified atom stereocenters. The van der Waals surface area contributed by atoms with Gasteiger partial charge >= 0.3 is 0 Å². The summed E-state index contributed by atoms with van der Waals surface area (Å²) in [5.41, 5.74) is 3.36. The smallest absolute Gasteiger partial charge is 0.134 e. The Morgan fingerprint density at radius 3 is 2.71 bits per heavy atom. The van der Waals surface area contributed by atoms with Crippen molar-refractivity contribution in [2.45, 2.75) is 19.9 Å². The first-order chi connectivity index (χ1) is 10.2. The Bertz CT molecular complexity index is 763. The fourth-order valence-corrected chi connectivity index (χ4v) is 2.84. The third kappa shape index (κ3) is 2.82. The van der Waals surface area contributed by atoms with Crippen LogP contribution in [0.2, 0.25) is 5.02 Å². The molecule has 0 radical (unpaired) electrons. The zero-order valence-electron chi connectivity index (χ0n) is 12.2. The van der Waals surface area contributed by atoms with Gasteiger partial charge in [-0.2, -0.15) is 0 Å². The molecule has 3 heteroatoms. The summed E-state index contributed by atoms with van der Waals surface area (Å²) in [5.74, 6) is 0.920. The minimum atomic E-state index is 0.0578. The SMILES string of the molecule is CCNC(c1cc2cc(Cl)ccc2o1)c1ccccc1C. The van der Waals surface area contributed by atoms with Gasteiger partial charge in [0.05, 0.1) is 6.04 Å². The van der Waals surface area contributed by atoms with Gasteiger partial charge in [-0.15, -0.1) is 0 Å². The predicted molar refractivity (Wildman–Crippen MR) is 87.9 cm³/mol. The van der Waals surface area contributed by atoms with E-state index in [1.807, 2.05) is 18.2 Å². The number of hydrogen-bond acceptors (Lipinski definition) is 2. The first-order valence-electron chi connectivity index (χ1n) is 7.17. The number of hydrogen-bond donors (Lipinski definition) is 1. The van der Waals surface area contributed by atoms with Crippen LogP contribution in [-0.2, 0) is 0 Å². The molecular weight excluding hydrogens is 282 g/mol. The molecule has 0 bridgehead atoms. The van der Waals surface area contributed by atoms with Crippen LogP contribution >= 0.6 is 11.6 Å². The molecule has 0 fully saturated rings. The van der Waals surface area contributed by atoms with Gasteiger partial charge < -0.3 is 9.73 Å². The van der Waals surface area contributed by atoms with E-state index in [4.69, 9.17) is 16.0 Å². The number of aryl methyl sites for hydroxylation is 1. The Kier molecular flexibility index (Phi) is 4.00. The lowest BCUT2D eigenvalue weighted by molar-refractivity contribution is 0.476. The van der Waals surface area contributed by atoms with E-state index in [1.165, 1.54) is 11.1 Å². The molecule has 2 aromatic carbocycles. The lowest BCUT2D eigenvalue weighted by atomic mass is 9.99. The van der Waals surface area contributed by atoms with Crippen LogP contribution in [0.15, 0.2) is 52.9 Å². The maximum Gasteiger partial charge on any atom is 0.134 e. The lowest BCUT2D eigenvalue weighted by Gasteiger charge is -2.18. The molecule has 108 valence electrons. The van der Waals surface area contributed by atoms with Crippen molar-refractivity contribution in [2.75, 3.05) is 6.54 Å². The molecule has 2 nitrogen and oxygen atoms in total. The van der Waals surface area contributed by atoms with Gasteiger partial charge in [-0.25, -0.2) is 0 Å². The molecule has 0 spiro atoms. The third-order valence-corrected chi connectivity index (χ3v) is 3.92. The van der Waals surface area contributed by atoms with Crippen LogP contribution < -0.4 is 5.32 Å².